The summed E-state index contributed by atoms with van der Waals surface area (Å²) in [6.45, 7) is 2.76. The lowest BCUT2D eigenvalue weighted by Gasteiger charge is -2.63. The Labute approximate surface area is 158 Å². The predicted molar refractivity (Wildman–Crippen MR) is 102 cm³/mol. The lowest BCUT2D eigenvalue weighted by Crippen LogP contribution is -2.67. The van der Waals surface area contributed by atoms with Crippen LogP contribution < -0.4 is 5.32 Å². The van der Waals surface area contributed by atoms with Gasteiger partial charge in [-0.15, -0.1) is 11.8 Å². The van der Waals surface area contributed by atoms with Crippen molar-refractivity contribution in [1.82, 2.24) is 4.90 Å². The second kappa shape index (κ2) is 6.89. The number of carbonyl (C=O) groups is 2. The Bertz CT molecular complexity index is 719. The molecule has 0 aromatic heterocycles. The maximum Gasteiger partial charge on any atom is 0.238 e. The largest absolute Gasteiger partial charge is 0.378 e. The van der Waals surface area contributed by atoms with Crippen LogP contribution in [0.3, 0.4) is 0 Å². The van der Waals surface area contributed by atoms with E-state index in [0.29, 0.717) is 6.10 Å². The molecule has 0 saturated heterocycles. The van der Waals surface area contributed by atoms with Crippen LogP contribution in [0.5, 0.6) is 0 Å². The predicted octanol–water partition coefficient (Wildman–Crippen LogP) is 3.30. The normalized spacial score (nSPS) is 28.5. The molecule has 5 nitrogen and oxygen atoms in total. The number of para-hydroxylation sites is 1. The number of fused-ring (bicyclic) bond motifs is 1. The molecule has 6 heteroatoms. The number of thioether (sulfide) groups is 1. The zero-order valence-electron chi connectivity index (χ0n) is 15.4. The Balaban J connectivity index is 1.40. The van der Waals surface area contributed by atoms with Crippen molar-refractivity contribution in [1.29, 1.82) is 0 Å². The van der Waals surface area contributed by atoms with Gasteiger partial charge in [0, 0.05) is 36.4 Å². The molecule has 4 rings (SSSR count). The fraction of sp³-hybridized carbons (Fsp3) is 0.600. The van der Waals surface area contributed by atoms with Gasteiger partial charge in [-0.2, -0.15) is 0 Å². The number of hydrogen-bond acceptors (Lipinski definition) is 4. The van der Waals surface area contributed by atoms with Gasteiger partial charge in [0.1, 0.15) is 0 Å². The van der Waals surface area contributed by atoms with E-state index >= 15 is 0 Å². The van der Waals surface area contributed by atoms with Gasteiger partial charge in [-0.1, -0.05) is 18.6 Å². The number of carbonyl (C=O) groups excluding carboxylic acids is 2. The van der Waals surface area contributed by atoms with Crippen molar-refractivity contribution >= 4 is 29.3 Å². The SMILES string of the molecule is CCO[C@@H]1C[C@@H](N(C)C(=O)C[C@@H]2Sc3ccccc3NC2=O)C12CCC2. The van der Waals surface area contributed by atoms with E-state index in [0.717, 1.165) is 36.5 Å². The third-order valence-electron chi connectivity index (χ3n) is 6.32. The summed E-state index contributed by atoms with van der Waals surface area (Å²) >= 11 is 1.49. The van der Waals surface area contributed by atoms with Crippen molar-refractivity contribution < 1.29 is 14.3 Å². The highest BCUT2D eigenvalue weighted by Gasteiger charge is 2.60. The third kappa shape index (κ3) is 2.83. The smallest absolute Gasteiger partial charge is 0.238 e. The van der Waals surface area contributed by atoms with Crippen LogP contribution in [0.1, 0.15) is 39.0 Å². The van der Waals surface area contributed by atoms with Gasteiger partial charge in [0.15, 0.2) is 0 Å². The molecular weight excluding hydrogens is 348 g/mol. The molecule has 0 radical (unpaired) electrons. The number of anilines is 1. The van der Waals surface area contributed by atoms with E-state index < -0.39 is 0 Å². The minimum Gasteiger partial charge on any atom is -0.378 e. The van der Waals surface area contributed by atoms with Gasteiger partial charge in [-0.05, 0) is 38.3 Å². The number of nitrogens with zero attached hydrogens (tertiary/aromatic N) is 1. The van der Waals surface area contributed by atoms with Crippen molar-refractivity contribution in [2.45, 2.75) is 61.3 Å². The third-order valence-corrected chi connectivity index (χ3v) is 7.60. The van der Waals surface area contributed by atoms with Gasteiger partial charge < -0.3 is 15.0 Å². The molecule has 2 fully saturated rings. The summed E-state index contributed by atoms with van der Waals surface area (Å²) in [6.07, 6.45) is 4.97. The lowest BCUT2D eigenvalue weighted by atomic mass is 9.50. The van der Waals surface area contributed by atoms with E-state index in [1.165, 1.54) is 18.2 Å². The molecule has 140 valence electrons. The molecule has 0 unspecified atom stereocenters. The van der Waals surface area contributed by atoms with E-state index in [2.05, 4.69) is 5.32 Å². The van der Waals surface area contributed by atoms with Crippen LogP contribution in [-0.2, 0) is 14.3 Å². The Kier molecular flexibility index (Phi) is 4.73. The molecule has 3 atom stereocenters. The van der Waals surface area contributed by atoms with E-state index in [-0.39, 0.29) is 34.9 Å². The van der Waals surface area contributed by atoms with Crippen LogP contribution in [0, 0.1) is 5.41 Å². The van der Waals surface area contributed by atoms with Crippen LogP contribution in [0.4, 0.5) is 5.69 Å². The molecule has 3 aliphatic rings. The highest BCUT2D eigenvalue weighted by Crippen LogP contribution is 2.59. The molecule has 2 aliphatic carbocycles. The first-order valence-corrected chi connectivity index (χ1v) is 10.4. The standard InChI is InChI=1S/C20H26N2O3S/c1-3-25-17-12-16(20(17)9-6-10-20)22(2)18(23)11-15-19(24)21-13-7-4-5-8-14(13)26-15/h4-5,7-8,15-17H,3,6,9-12H2,1-2H3,(H,21,24)/t15-,16+,17+/m0/s1. The van der Waals surface area contributed by atoms with Crippen LogP contribution >= 0.6 is 11.8 Å². The second-order valence-electron chi connectivity index (χ2n) is 7.58. The summed E-state index contributed by atoms with van der Waals surface area (Å²) in [7, 11) is 1.90. The quantitative estimate of drug-likeness (QED) is 0.859. The average molecular weight is 375 g/mol. The first-order valence-electron chi connectivity index (χ1n) is 9.49. The zero-order valence-corrected chi connectivity index (χ0v) is 16.2. The summed E-state index contributed by atoms with van der Waals surface area (Å²) in [4.78, 5) is 28.2. The fourth-order valence-electron chi connectivity index (χ4n) is 4.65. The number of nitrogens with one attached hydrogen (secondary N) is 1. The number of amides is 2. The van der Waals surface area contributed by atoms with Crippen LogP contribution in [0.15, 0.2) is 29.2 Å². The van der Waals surface area contributed by atoms with Gasteiger partial charge >= 0.3 is 0 Å². The van der Waals surface area contributed by atoms with E-state index in [9.17, 15) is 9.59 Å². The first-order chi connectivity index (χ1) is 12.5. The number of rotatable bonds is 5. The zero-order chi connectivity index (χ0) is 18.3. The van der Waals surface area contributed by atoms with Crippen molar-refractivity contribution in [3.63, 3.8) is 0 Å². The summed E-state index contributed by atoms with van der Waals surface area (Å²) in [6, 6.07) is 8.00. The van der Waals surface area contributed by atoms with E-state index in [4.69, 9.17) is 4.74 Å². The molecule has 1 aliphatic heterocycles. The van der Waals surface area contributed by atoms with Crippen LogP contribution in [-0.4, -0.2) is 47.8 Å². The molecule has 1 aromatic carbocycles. The Morgan fingerprint density at radius 1 is 1.38 bits per heavy atom. The van der Waals surface area contributed by atoms with Gasteiger partial charge in [-0.3, -0.25) is 9.59 Å². The molecule has 1 N–H and O–H groups in total. The topological polar surface area (TPSA) is 58.6 Å². The Morgan fingerprint density at radius 3 is 2.85 bits per heavy atom. The van der Waals surface area contributed by atoms with Crippen molar-refractivity contribution in [2.75, 3.05) is 19.0 Å². The van der Waals surface area contributed by atoms with E-state index in [1.807, 2.05) is 43.1 Å². The Hall–Kier alpha value is -1.53. The maximum absolute atomic E-state index is 12.9. The first kappa shape index (κ1) is 17.9. The minimum atomic E-state index is -0.361. The molecular formula is C20H26N2O3S. The molecule has 2 saturated carbocycles. The Morgan fingerprint density at radius 2 is 2.15 bits per heavy atom. The second-order valence-corrected chi connectivity index (χ2v) is 8.83. The monoisotopic (exact) mass is 374 g/mol. The van der Waals surface area contributed by atoms with Crippen LogP contribution in [0.25, 0.3) is 0 Å². The van der Waals surface area contributed by atoms with Crippen LogP contribution in [0.2, 0.25) is 0 Å². The number of hydrogen-bond donors (Lipinski definition) is 1. The lowest BCUT2D eigenvalue weighted by molar-refractivity contribution is -0.202. The number of benzene rings is 1. The maximum atomic E-state index is 12.9. The number of ether oxygens (including phenoxy) is 1. The fourth-order valence-corrected chi connectivity index (χ4v) is 5.75. The highest BCUT2D eigenvalue weighted by molar-refractivity contribution is 8.01. The summed E-state index contributed by atoms with van der Waals surface area (Å²) < 4.78 is 5.90. The molecule has 1 aromatic rings. The van der Waals surface area contributed by atoms with Gasteiger partial charge in [0.25, 0.3) is 0 Å². The molecule has 1 heterocycles. The summed E-state index contributed by atoms with van der Waals surface area (Å²) in [5, 5.41) is 2.56. The molecule has 26 heavy (non-hydrogen) atoms. The molecule has 2 amide bonds. The van der Waals surface area contributed by atoms with Gasteiger partial charge in [-0.25, -0.2) is 0 Å². The average Bonchev–Trinajstić information content (AvgIpc) is 2.57. The highest BCUT2D eigenvalue weighted by atomic mass is 32.2. The van der Waals surface area contributed by atoms with Crippen molar-refractivity contribution in [2.24, 2.45) is 5.41 Å². The molecule has 1 spiro atoms. The van der Waals surface area contributed by atoms with Gasteiger partial charge in [0.05, 0.1) is 17.0 Å². The molecule has 0 bridgehead atoms. The summed E-state index contributed by atoms with van der Waals surface area (Å²) in [5.41, 5.74) is 1.00. The van der Waals surface area contributed by atoms with Crippen molar-refractivity contribution in [3.05, 3.63) is 24.3 Å². The van der Waals surface area contributed by atoms with Gasteiger partial charge in [0.2, 0.25) is 11.8 Å². The van der Waals surface area contributed by atoms with E-state index in [1.54, 1.807) is 0 Å². The summed E-state index contributed by atoms with van der Waals surface area (Å²) in [5.74, 6) is -0.0159. The van der Waals surface area contributed by atoms with Crippen molar-refractivity contribution in [3.8, 4) is 0 Å². The minimum absolute atomic E-state index is 0.0586.